The Morgan fingerprint density at radius 1 is 1.35 bits per heavy atom. The van der Waals surface area contributed by atoms with E-state index in [4.69, 9.17) is 4.74 Å². The zero-order valence-corrected chi connectivity index (χ0v) is 12.2. The Balaban J connectivity index is 2.05. The third kappa shape index (κ3) is 1.94. The Hall–Kier alpha value is -0.0800. The largest absolute Gasteiger partial charge is 0.373 e. The van der Waals surface area contributed by atoms with Crippen LogP contribution in [0.1, 0.15) is 53.4 Å². The predicted molar refractivity (Wildman–Crippen MR) is 72.1 cm³/mol. The van der Waals surface area contributed by atoms with Crippen molar-refractivity contribution in [2.24, 2.45) is 16.7 Å². The highest BCUT2D eigenvalue weighted by Gasteiger charge is 2.62. The first-order chi connectivity index (χ1) is 7.95. The molecule has 17 heavy (non-hydrogen) atoms. The standard InChI is InChI=1S/C15H29NO/c1-6-12(10-16-5)17-13-9-11-7-8-15(13,4)14(11,2)3/h11-13,16H,6-10H2,1-5H3. The van der Waals surface area contributed by atoms with E-state index in [0.717, 1.165) is 18.9 Å². The Bertz CT molecular complexity index is 276. The minimum absolute atomic E-state index is 0.386. The van der Waals surface area contributed by atoms with Crippen molar-refractivity contribution in [2.75, 3.05) is 13.6 Å². The fourth-order valence-corrected chi connectivity index (χ4v) is 4.08. The summed E-state index contributed by atoms with van der Waals surface area (Å²) < 4.78 is 6.41. The average Bonchev–Trinajstić information content (AvgIpc) is 2.61. The zero-order chi connectivity index (χ0) is 12.7. The summed E-state index contributed by atoms with van der Waals surface area (Å²) in [4.78, 5) is 0. The van der Waals surface area contributed by atoms with Crippen molar-refractivity contribution in [3.63, 3.8) is 0 Å². The highest BCUT2D eigenvalue weighted by Crippen LogP contribution is 2.66. The number of rotatable bonds is 5. The molecule has 0 aromatic carbocycles. The van der Waals surface area contributed by atoms with Gasteiger partial charge in [0, 0.05) is 6.54 Å². The molecule has 1 N–H and O–H groups in total. The van der Waals surface area contributed by atoms with Crippen molar-refractivity contribution >= 4 is 0 Å². The number of ether oxygens (including phenoxy) is 1. The molecule has 0 spiro atoms. The second kappa shape index (κ2) is 4.55. The Labute approximate surface area is 107 Å². The number of likely N-dealkylation sites (N-methyl/N-ethyl adjacent to an activating group) is 1. The van der Waals surface area contributed by atoms with Crippen LogP contribution in [-0.2, 0) is 4.74 Å². The van der Waals surface area contributed by atoms with Crippen LogP contribution < -0.4 is 5.32 Å². The monoisotopic (exact) mass is 239 g/mol. The Morgan fingerprint density at radius 2 is 2.06 bits per heavy atom. The summed E-state index contributed by atoms with van der Waals surface area (Å²) in [5.41, 5.74) is 0.869. The first-order valence-electron chi connectivity index (χ1n) is 7.25. The minimum atomic E-state index is 0.386. The summed E-state index contributed by atoms with van der Waals surface area (Å²) in [5, 5.41) is 3.24. The molecule has 0 aromatic heterocycles. The molecule has 4 atom stereocenters. The maximum atomic E-state index is 6.41. The van der Waals surface area contributed by atoms with E-state index < -0.39 is 0 Å². The van der Waals surface area contributed by atoms with Crippen LogP contribution in [-0.4, -0.2) is 25.8 Å². The van der Waals surface area contributed by atoms with E-state index >= 15 is 0 Å². The molecule has 0 saturated heterocycles. The molecule has 0 aliphatic heterocycles. The number of hydrogen-bond acceptors (Lipinski definition) is 2. The summed E-state index contributed by atoms with van der Waals surface area (Å²) in [6, 6.07) is 0. The highest BCUT2D eigenvalue weighted by atomic mass is 16.5. The smallest absolute Gasteiger partial charge is 0.0700 e. The van der Waals surface area contributed by atoms with Gasteiger partial charge in [-0.25, -0.2) is 0 Å². The molecular formula is C15H29NO. The fraction of sp³-hybridized carbons (Fsp3) is 1.00. The summed E-state index contributed by atoms with van der Waals surface area (Å²) in [5.74, 6) is 0.879. The first kappa shape index (κ1) is 13.4. The molecule has 2 bridgehead atoms. The molecule has 0 radical (unpaired) electrons. The molecular weight excluding hydrogens is 210 g/mol. The molecule has 2 nitrogen and oxygen atoms in total. The molecule has 2 aliphatic rings. The van der Waals surface area contributed by atoms with Gasteiger partial charge in [0.05, 0.1) is 12.2 Å². The van der Waals surface area contributed by atoms with Crippen molar-refractivity contribution in [1.29, 1.82) is 0 Å². The number of hydrogen-bond donors (Lipinski definition) is 1. The Morgan fingerprint density at radius 3 is 2.47 bits per heavy atom. The Kier molecular flexibility index (Phi) is 3.57. The first-order valence-corrected chi connectivity index (χ1v) is 7.25. The topological polar surface area (TPSA) is 21.3 Å². The van der Waals surface area contributed by atoms with Crippen LogP contribution in [0.15, 0.2) is 0 Å². The lowest BCUT2D eigenvalue weighted by molar-refractivity contribution is -0.0857. The van der Waals surface area contributed by atoms with E-state index in [1.54, 1.807) is 0 Å². The second-order valence-corrected chi connectivity index (χ2v) is 6.82. The van der Waals surface area contributed by atoms with Gasteiger partial charge in [-0.2, -0.15) is 0 Å². The molecule has 4 unspecified atom stereocenters. The van der Waals surface area contributed by atoms with Crippen molar-refractivity contribution in [3.05, 3.63) is 0 Å². The van der Waals surface area contributed by atoms with Crippen LogP contribution in [0, 0.1) is 16.7 Å². The van der Waals surface area contributed by atoms with Crippen LogP contribution in [0.2, 0.25) is 0 Å². The summed E-state index contributed by atoms with van der Waals surface area (Å²) in [6.45, 7) is 10.6. The van der Waals surface area contributed by atoms with Crippen molar-refractivity contribution in [2.45, 2.75) is 65.6 Å². The van der Waals surface area contributed by atoms with Gasteiger partial charge in [-0.1, -0.05) is 27.7 Å². The summed E-state index contributed by atoms with van der Waals surface area (Å²) in [7, 11) is 2.01. The maximum Gasteiger partial charge on any atom is 0.0700 e. The van der Waals surface area contributed by atoms with Crippen molar-refractivity contribution < 1.29 is 4.74 Å². The predicted octanol–water partition coefficient (Wildman–Crippen LogP) is 3.22. The van der Waals surface area contributed by atoms with Crippen molar-refractivity contribution in [1.82, 2.24) is 5.32 Å². The van der Waals surface area contributed by atoms with E-state index in [2.05, 4.69) is 33.0 Å². The second-order valence-electron chi connectivity index (χ2n) is 6.82. The molecule has 0 aromatic rings. The van der Waals surface area contributed by atoms with E-state index in [1.807, 2.05) is 7.05 Å². The van der Waals surface area contributed by atoms with E-state index in [-0.39, 0.29) is 0 Å². The van der Waals surface area contributed by atoms with Gasteiger partial charge in [-0.15, -0.1) is 0 Å². The zero-order valence-electron chi connectivity index (χ0n) is 12.2. The summed E-state index contributed by atoms with van der Waals surface area (Å²) >= 11 is 0. The third-order valence-electron chi connectivity index (χ3n) is 5.96. The molecule has 0 heterocycles. The van der Waals surface area contributed by atoms with Crippen molar-refractivity contribution in [3.8, 4) is 0 Å². The normalized spacial score (nSPS) is 40.8. The van der Waals surface area contributed by atoms with Gasteiger partial charge in [0.1, 0.15) is 0 Å². The molecule has 2 heteroatoms. The maximum absolute atomic E-state index is 6.41. The average molecular weight is 239 g/mol. The molecule has 0 amide bonds. The van der Waals surface area contributed by atoms with Crippen LogP contribution in [0.3, 0.4) is 0 Å². The van der Waals surface area contributed by atoms with Gasteiger partial charge in [0.2, 0.25) is 0 Å². The van der Waals surface area contributed by atoms with Gasteiger partial charge in [-0.05, 0) is 49.5 Å². The van der Waals surface area contributed by atoms with Crippen LogP contribution in [0.25, 0.3) is 0 Å². The van der Waals surface area contributed by atoms with Crippen LogP contribution >= 0.6 is 0 Å². The van der Waals surface area contributed by atoms with Gasteiger partial charge in [0.25, 0.3) is 0 Å². The van der Waals surface area contributed by atoms with Gasteiger partial charge in [-0.3, -0.25) is 0 Å². The third-order valence-corrected chi connectivity index (χ3v) is 5.96. The number of nitrogens with one attached hydrogen (secondary N) is 1. The van der Waals surface area contributed by atoms with Gasteiger partial charge >= 0.3 is 0 Å². The highest BCUT2D eigenvalue weighted by molar-refractivity contribution is 5.11. The molecule has 2 rings (SSSR count). The SMILES string of the molecule is CCC(CNC)OC1CC2CCC1(C)C2(C)C. The quantitative estimate of drug-likeness (QED) is 0.795. The minimum Gasteiger partial charge on any atom is -0.373 e. The molecule has 2 fully saturated rings. The van der Waals surface area contributed by atoms with Gasteiger partial charge < -0.3 is 10.1 Å². The molecule has 2 saturated carbocycles. The number of fused-ring (bicyclic) bond motifs is 2. The van der Waals surface area contributed by atoms with Crippen LogP contribution in [0.4, 0.5) is 0 Å². The molecule has 2 aliphatic carbocycles. The lowest BCUT2D eigenvalue weighted by Crippen LogP contribution is -2.41. The van der Waals surface area contributed by atoms with Gasteiger partial charge in [0.15, 0.2) is 0 Å². The lowest BCUT2D eigenvalue weighted by Gasteiger charge is -2.40. The van der Waals surface area contributed by atoms with E-state index in [1.165, 1.54) is 19.3 Å². The van der Waals surface area contributed by atoms with Crippen LogP contribution in [0.5, 0.6) is 0 Å². The fourth-order valence-electron chi connectivity index (χ4n) is 4.08. The van der Waals surface area contributed by atoms with E-state index in [9.17, 15) is 0 Å². The summed E-state index contributed by atoms with van der Waals surface area (Å²) in [6.07, 6.45) is 6.02. The lowest BCUT2D eigenvalue weighted by atomic mass is 9.70. The van der Waals surface area contributed by atoms with E-state index in [0.29, 0.717) is 23.0 Å². The molecule has 100 valence electrons.